The Balaban J connectivity index is 1.78. The fourth-order valence-corrected chi connectivity index (χ4v) is 1.88. The van der Waals surface area contributed by atoms with Crippen molar-refractivity contribution < 1.29 is 4.52 Å². The van der Waals surface area contributed by atoms with Crippen LogP contribution in [0.2, 0.25) is 0 Å². The van der Waals surface area contributed by atoms with Crippen molar-refractivity contribution in [3.05, 3.63) is 53.9 Å². The number of anilines is 4. The summed E-state index contributed by atoms with van der Waals surface area (Å²) in [5.74, 6) is 2.53. The average Bonchev–Trinajstić information content (AvgIpc) is 2.87. The zero-order chi connectivity index (χ0) is 14.7. The van der Waals surface area contributed by atoms with Gasteiger partial charge in [-0.3, -0.25) is 0 Å². The molecule has 0 bridgehead atoms. The van der Waals surface area contributed by atoms with Gasteiger partial charge in [-0.1, -0.05) is 23.4 Å². The van der Waals surface area contributed by atoms with Gasteiger partial charge in [0.25, 0.3) is 0 Å². The van der Waals surface area contributed by atoms with Crippen LogP contribution in [0.15, 0.2) is 47.1 Å². The Morgan fingerprint density at radius 1 is 1.00 bits per heavy atom. The summed E-state index contributed by atoms with van der Waals surface area (Å²) in [4.78, 5) is 8.62. The van der Waals surface area contributed by atoms with E-state index in [1.807, 2.05) is 38.1 Å². The first-order valence-electron chi connectivity index (χ1n) is 6.57. The van der Waals surface area contributed by atoms with E-state index in [-0.39, 0.29) is 0 Å². The van der Waals surface area contributed by atoms with E-state index < -0.39 is 0 Å². The van der Waals surface area contributed by atoms with Gasteiger partial charge >= 0.3 is 0 Å². The predicted octanol–water partition coefficient (Wildman–Crippen LogP) is 3.57. The molecular weight excluding hydrogens is 266 g/mol. The van der Waals surface area contributed by atoms with Crippen molar-refractivity contribution in [3.8, 4) is 0 Å². The van der Waals surface area contributed by atoms with E-state index in [4.69, 9.17) is 4.52 Å². The van der Waals surface area contributed by atoms with Gasteiger partial charge in [-0.15, -0.1) is 0 Å². The van der Waals surface area contributed by atoms with Gasteiger partial charge in [-0.2, -0.15) is 4.98 Å². The first-order valence-corrected chi connectivity index (χ1v) is 6.57. The molecule has 3 aromatic rings. The number of hydrogen-bond acceptors (Lipinski definition) is 6. The third kappa shape index (κ3) is 3.17. The summed E-state index contributed by atoms with van der Waals surface area (Å²) >= 11 is 0. The molecule has 0 saturated carbocycles. The molecule has 2 N–H and O–H groups in total. The van der Waals surface area contributed by atoms with Crippen LogP contribution in [-0.4, -0.2) is 15.1 Å². The van der Waals surface area contributed by atoms with E-state index in [2.05, 4.69) is 25.8 Å². The fourth-order valence-electron chi connectivity index (χ4n) is 1.88. The molecule has 0 aliphatic carbocycles. The smallest absolute Gasteiger partial charge is 0.229 e. The summed E-state index contributed by atoms with van der Waals surface area (Å²) < 4.78 is 5.01. The molecule has 0 saturated heterocycles. The maximum atomic E-state index is 5.01. The molecule has 0 amide bonds. The van der Waals surface area contributed by atoms with Gasteiger partial charge in [0.2, 0.25) is 5.95 Å². The zero-order valence-corrected chi connectivity index (χ0v) is 11.8. The van der Waals surface area contributed by atoms with E-state index in [0.29, 0.717) is 17.6 Å². The van der Waals surface area contributed by atoms with Gasteiger partial charge in [0, 0.05) is 18.0 Å². The topological polar surface area (TPSA) is 75.9 Å². The Kier molecular flexibility index (Phi) is 3.51. The highest BCUT2D eigenvalue weighted by molar-refractivity contribution is 5.60. The van der Waals surface area contributed by atoms with Crippen LogP contribution in [0.4, 0.5) is 23.3 Å². The van der Waals surface area contributed by atoms with E-state index in [0.717, 1.165) is 17.0 Å². The highest BCUT2D eigenvalue weighted by Crippen LogP contribution is 2.19. The van der Waals surface area contributed by atoms with Crippen molar-refractivity contribution in [2.24, 2.45) is 0 Å². The monoisotopic (exact) mass is 281 g/mol. The number of para-hydroxylation sites is 1. The second kappa shape index (κ2) is 5.62. The van der Waals surface area contributed by atoms with E-state index in [1.165, 1.54) is 0 Å². The third-order valence-corrected chi connectivity index (χ3v) is 2.93. The molecule has 1 aromatic carbocycles. The van der Waals surface area contributed by atoms with Crippen LogP contribution >= 0.6 is 0 Å². The summed E-state index contributed by atoms with van der Waals surface area (Å²) in [5, 5.41) is 10.1. The first-order chi connectivity index (χ1) is 10.2. The van der Waals surface area contributed by atoms with Crippen LogP contribution in [0.3, 0.4) is 0 Å². The molecule has 0 aliphatic heterocycles. The Bertz CT molecular complexity index is 753. The maximum absolute atomic E-state index is 5.01. The Labute approximate surface area is 122 Å². The normalized spacial score (nSPS) is 10.4. The lowest BCUT2D eigenvalue weighted by Crippen LogP contribution is -2.01. The standard InChI is InChI=1S/C15H15N5O/c1-10-5-3-4-6-12(10)17-15-16-8-7-13(19-15)18-14-9-11(2)21-20-14/h3-9H,1-2H3,(H2,16,17,18,19,20). The average molecular weight is 281 g/mol. The van der Waals surface area contributed by atoms with Crippen molar-refractivity contribution in [3.63, 3.8) is 0 Å². The summed E-state index contributed by atoms with van der Waals surface area (Å²) in [6.45, 7) is 3.87. The number of nitrogens with zero attached hydrogens (tertiary/aromatic N) is 3. The summed E-state index contributed by atoms with van der Waals surface area (Å²) in [6, 6.07) is 11.5. The van der Waals surface area contributed by atoms with Crippen LogP contribution in [0.1, 0.15) is 11.3 Å². The molecule has 3 rings (SSSR count). The molecule has 0 spiro atoms. The van der Waals surface area contributed by atoms with E-state index in [1.54, 1.807) is 18.3 Å². The summed E-state index contributed by atoms with van der Waals surface area (Å²) in [6.07, 6.45) is 1.68. The zero-order valence-electron chi connectivity index (χ0n) is 11.8. The van der Waals surface area contributed by atoms with Gasteiger partial charge in [-0.25, -0.2) is 4.98 Å². The van der Waals surface area contributed by atoms with Crippen LogP contribution in [0.25, 0.3) is 0 Å². The lowest BCUT2D eigenvalue weighted by Gasteiger charge is -2.08. The SMILES string of the molecule is Cc1cc(Nc2ccnc(Nc3ccccc3C)n2)no1. The molecule has 6 heteroatoms. The molecule has 0 fully saturated rings. The van der Waals surface area contributed by atoms with Gasteiger partial charge < -0.3 is 15.2 Å². The fraction of sp³-hybridized carbons (Fsp3) is 0.133. The second-order valence-corrected chi connectivity index (χ2v) is 4.65. The second-order valence-electron chi connectivity index (χ2n) is 4.65. The largest absolute Gasteiger partial charge is 0.360 e. The van der Waals surface area contributed by atoms with Crippen molar-refractivity contribution in [1.29, 1.82) is 0 Å². The minimum Gasteiger partial charge on any atom is -0.360 e. The highest BCUT2D eigenvalue weighted by Gasteiger charge is 2.04. The van der Waals surface area contributed by atoms with Crippen LogP contribution in [0.5, 0.6) is 0 Å². The van der Waals surface area contributed by atoms with Gasteiger partial charge in [-0.05, 0) is 31.5 Å². The van der Waals surface area contributed by atoms with Gasteiger partial charge in [0.05, 0.1) is 0 Å². The quantitative estimate of drug-likeness (QED) is 0.761. The molecule has 0 radical (unpaired) electrons. The molecule has 0 unspecified atom stereocenters. The van der Waals surface area contributed by atoms with Crippen molar-refractivity contribution in [2.45, 2.75) is 13.8 Å². The lowest BCUT2D eigenvalue weighted by molar-refractivity contribution is 0.400. The van der Waals surface area contributed by atoms with Crippen LogP contribution < -0.4 is 10.6 Å². The minimum absolute atomic E-state index is 0.523. The number of rotatable bonds is 4. The summed E-state index contributed by atoms with van der Waals surface area (Å²) in [7, 11) is 0. The van der Waals surface area contributed by atoms with E-state index >= 15 is 0 Å². The molecule has 2 aromatic heterocycles. The molecule has 0 aliphatic rings. The Hall–Kier alpha value is -2.89. The van der Waals surface area contributed by atoms with Crippen molar-refractivity contribution in [2.75, 3.05) is 10.6 Å². The number of hydrogen-bond donors (Lipinski definition) is 2. The lowest BCUT2D eigenvalue weighted by atomic mass is 10.2. The Morgan fingerprint density at radius 2 is 1.86 bits per heavy atom. The summed E-state index contributed by atoms with van der Waals surface area (Å²) in [5.41, 5.74) is 2.11. The van der Waals surface area contributed by atoms with Crippen LogP contribution in [0, 0.1) is 13.8 Å². The van der Waals surface area contributed by atoms with E-state index in [9.17, 15) is 0 Å². The number of aromatic nitrogens is 3. The van der Waals surface area contributed by atoms with Crippen molar-refractivity contribution in [1.82, 2.24) is 15.1 Å². The molecule has 0 atom stereocenters. The van der Waals surface area contributed by atoms with Crippen LogP contribution in [-0.2, 0) is 0 Å². The van der Waals surface area contributed by atoms with Gasteiger partial charge in [0.1, 0.15) is 11.6 Å². The van der Waals surface area contributed by atoms with Crippen molar-refractivity contribution >= 4 is 23.3 Å². The first kappa shape index (κ1) is 13.1. The minimum atomic E-state index is 0.523. The number of benzene rings is 1. The molecule has 6 nitrogen and oxygen atoms in total. The Morgan fingerprint density at radius 3 is 2.62 bits per heavy atom. The molecule has 2 heterocycles. The number of nitrogens with one attached hydrogen (secondary N) is 2. The predicted molar refractivity (Wildman–Crippen MR) is 81.0 cm³/mol. The highest BCUT2D eigenvalue weighted by atomic mass is 16.5. The number of aryl methyl sites for hydroxylation is 2. The third-order valence-electron chi connectivity index (χ3n) is 2.93. The maximum Gasteiger partial charge on any atom is 0.229 e. The molecule has 21 heavy (non-hydrogen) atoms. The molecular formula is C15H15N5O. The van der Waals surface area contributed by atoms with Gasteiger partial charge in [0.15, 0.2) is 5.82 Å². The molecule has 106 valence electrons.